The molecule has 0 amide bonds. The van der Waals surface area contributed by atoms with Crippen LogP contribution in [0.5, 0.6) is 0 Å². The first-order valence-corrected chi connectivity index (χ1v) is 5.77. The molecule has 4 N–H and O–H groups in total. The van der Waals surface area contributed by atoms with Gasteiger partial charge in [0.2, 0.25) is 5.95 Å². The molecule has 0 bridgehead atoms. The Morgan fingerprint density at radius 1 is 1.56 bits per heavy atom. The highest BCUT2D eigenvalue weighted by Crippen LogP contribution is 2.21. The maximum absolute atomic E-state index is 11.4. The van der Waals surface area contributed by atoms with Gasteiger partial charge in [-0.05, 0) is 11.4 Å². The second-order valence-electron chi connectivity index (χ2n) is 3.17. The van der Waals surface area contributed by atoms with Crippen LogP contribution in [0, 0.1) is 0 Å². The lowest BCUT2D eigenvalue weighted by Gasteiger charge is -2.04. The predicted octanol–water partition coefficient (Wildman–Crippen LogP) is 0.869. The van der Waals surface area contributed by atoms with Crippen molar-refractivity contribution >= 4 is 17.3 Å². The molecule has 2 heterocycles. The van der Waals surface area contributed by atoms with Crippen molar-refractivity contribution in [1.29, 1.82) is 0 Å². The van der Waals surface area contributed by atoms with Crippen molar-refractivity contribution in [2.24, 2.45) is 5.73 Å². The monoisotopic (exact) mass is 236 g/mol. The summed E-state index contributed by atoms with van der Waals surface area (Å²) in [6, 6.07) is 5.34. The Morgan fingerprint density at radius 2 is 2.44 bits per heavy atom. The Hall–Kier alpha value is -1.66. The van der Waals surface area contributed by atoms with Gasteiger partial charge in [-0.25, -0.2) is 4.98 Å². The van der Waals surface area contributed by atoms with Crippen LogP contribution in [0.1, 0.15) is 0 Å². The molecule has 16 heavy (non-hydrogen) atoms. The Balaban J connectivity index is 2.33. The van der Waals surface area contributed by atoms with Crippen molar-refractivity contribution in [1.82, 2.24) is 9.97 Å². The molecule has 0 aliphatic carbocycles. The van der Waals surface area contributed by atoms with E-state index in [-0.39, 0.29) is 5.56 Å². The molecule has 0 radical (unpaired) electrons. The van der Waals surface area contributed by atoms with Crippen LogP contribution >= 0.6 is 11.3 Å². The van der Waals surface area contributed by atoms with Crippen molar-refractivity contribution in [2.75, 3.05) is 18.4 Å². The molecular formula is C10H12N4OS. The van der Waals surface area contributed by atoms with Gasteiger partial charge in [0.05, 0.1) is 10.6 Å². The molecule has 0 fully saturated rings. The molecule has 0 aliphatic rings. The maximum Gasteiger partial charge on any atom is 0.252 e. The van der Waals surface area contributed by atoms with Crippen LogP contribution in [-0.2, 0) is 0 Å². The lowest BCUT2D eigenvalue weighted by Crippen LogP contribution is -2.18. The van der Waals surface area contributed by atoms with E-state index >= 15 is 0 Å². The van der Waals surface area contributed by atoms with Gasteiger partial charge in [0.1, 0.15) is 0 Å². The summed E-state index contributed by atoms with van der Waals surface area (Å²) in [5, 5.41) is 4.90. The van der Waals surface area contributed by atoms with Crippen LogP contribution in [0.2, 0.25) is 0 Å². The molecule has 0 saturated carbocycles. The molecule has 2 rings (SSSR count). The maximum atomic E-state index is 11.4. The topological polar surface area (TPSA) is 83.8 Å². The quantitative estimate of drug-likeness (QED) is 0.735. The molecule has 0 saturated heterocycles. The van der Waals surface area contributed by atoms with E-state index in [2.05, 4.69) is 15.3 Å². The number of thiophene rings is 1. The minimum atomic E-state index is -0.169. The van der Waals surface area contributed by atoms with Gasteiger partial charge >= 0.3 is 0 Å². The van der Waals surface area contributed by atoms with E-state index in [0.29, 0.717) is 24.7 Å². The minimum absolute atomic E-state index is 0.169. The summed E-state index contributed by atoms with van der Waals surface area (Å²) in [7, 11) is 0. The average molecular weight is 236 g/mol. The summed E-state index contributed by atoms with van der Waals surface area (Å²) >= 11 is 1.55. The van der Waals surface area contributed by atoms with E-state index in [4.69, 9.17) is 5.73 Å². The number of aromatic nitrogens is 2. The fourth-order valence-corrected chi connectivity index (χ4v) is 1.97. The van der Waals surface area contributed by atoms with Gasteiger partial charge < -0.3 is 11.1 Å². The average Bonchev–Trinajstić information content (AvgIpc) is 2.79. The Bertz CT molecular complexity index is 506. The summed E-state index contributed by atoms with van der Waals surface area (Å²) in [6.07, 6.45) is 0. The summed E-state index contributed by atoms with van der Waals surface area (Å²) in [6.45, 7) is 1.07. The van der Waals surface area contributed by atoms with Gasteiger partial charge in [-0.3, -0.25) is 9.78 Å². The van der Waals surface area contributed by atoms with Gasteiger partial charge in [-0.2, -0.15) is 0 Å². The number of nitrogens with zero attached hydrogens (tertiary/aromatic N) is 1. The third kappa shape index (κ3) is 2.47. The number of aromatic amines is 1. The van der Waals surface area contributed by atoms with Crippen LogP contribution in [0.15, 0.2) is 28.4 Å². The first-order chi connectivity index (χ1) is 7.79. The van der Waals surface area contributed by atoms with Gasteiger partial charge in [0, 0.05) is 19.2 Å². The van der Waals surface area contributed by atoms with Crippen LogP contribution in [-0.4, -0.2) is 23.1 Å². The van der Waals surface area contributed by atoms with E-state index in [1.54, 1.807) is 11.3 Å². The summed E-state index contributed by atoms with van der Waals surface area (Å²) < 4.78 is 0. The Labute approximate surface area is 96.3 Å². The van der Waals surface area contributed by atoms with Gasteiger partial charge in [-0.1, -0.05) is 6.07 Å². The van der Waals surface area contributed by atoms with Crippen molar-refractivity contribution in [2.45, 2.75) is 0 Å². The predicted molar refractivity (Wildman–Crippen MR) is 65.7 cm³/mol. The highest BCUT2D eigenvalue weighted by atomic mass is 32.1. The molecule has 6 heteroatoms. The van der Waals surface area contributed by atoms with Crippen molar-refractivity contribution in [3.8, 4) is 10.6 Å². The largest absolute Gasteiger partial charge is 0.354 e. The highest BCUT2D eigenvalue weighted by Gasteiger charge is 2.03. The normalized spacial score (nSPS) is 10.3. The van der Waals surface area contributed by atoms with E-state index in [1.807, 2.05) is 17.5 Å². The molecule has 0 spiro atoms. The Kier molecular flexibility index (Phi) is 3.33. The van der Waals surface area contributed by atoms with E-state index < -0.39 is 0 Å². The van der Waals surface area contributed by atoms with Crippen LogP contribution < -0.4 is 16.6 Å². The van der Waals surface area contributed by atoms with Crippen LogP contribution in [0.25, 0.3) is 10.6 Å². The fraction of sp³-hybridized carbons (Fsp3) is 0.200. The highest BCUT2D eigenvalue weighted by molar-refractivity contribution is 7.13. The second-order valence-corrected chi connectivity index (χ2v) is 4.12. The van der Waals surface area contributed by atoms with Gasteiger partial charge in [-0.15, -0.1) is 11.3 Å². The standard InChI is InChI=1S/C10H12N4OS/c11-3-4-12-10-13-7(6-9(15)14-10)8-2-1-5-16-8/h1-2,5-6H,3-4,11H2,(H2,12,13,14,15). The number of hydrogen-bond acceptors (Lipinski definition) is 5. The smallest absolute Gasteiger partial charge is 0.252 e. The SMILES string of the molecule is NCCNc1nc(-c2cccs2)cc(=O)[nH]1. The molecule has 5 nitrogen and oxygen atoms in total. The summed E-state index contributed by atoms with van der Waals surface area (Å²) in [4.78, 5) is 19.3. The lowest BCUT2D eigenvalue weighted by atomic mass is 10.3. The van der Waals surface area contributed by atoms with Crippen molar-refractivity contribution in [3.05, 3.63) is 33.9 Å². The molecule has 0 unspecified atom stereocenters. The van der Waals surface area contributed by atoms with Gasteiger partial charge in [0.15, 0.2) is 0 Å². The molecule has 0 aromatic carbocycles. The van der Waals surface area contributed by atoms with Gasteiger partial charge in [0.25, 0.3) is 5.56 Å². The number of nitrogens with one attached hydrogen (secondary N) is 2. The number of H-pyrrole nitrogens is 1. The fourth-order valence-electron chi connectivity index (χ4n) is 1.28. The second kappa shape index (κ2) is 4.91. The first-order valence-electron chi connectivity index (χ1n) is 4.89. The zero-order valence-electron chi connectivity index (χ0n) is 8.56. The first kappa shape index (κ1) is 10.8. The number of nitrogens with two attached hydrogens (primary N) is 1. The van der Waals surface area contributed by atoms with E-state index in [9.17, 15) is 4.79 Å². The van der Waals surface area contributed by atoms with Crippen molar-refractivity contribution < 1.29 is 0 Å². The molecule has 2 aromatic rings. The molecule has 0 aliphatic heterocycles. The number of rotatable bonds is 4. The molecule has 2 aromatic heterocycles. The zero-order valence-corrected chi connectivity index (χ0v) is 9.38. The number of hydrogen-bond donors (Lipinski definition) is 3. The minimum Gasteiger partial charge on any atom is -0.354 e. The van der Waals surface area contributed by atoms with E-state index in [1.165, 1.54) is 6.07 Å². The molecule has 0 atom stereocenters. The van der Waals surface area contributed by atoms with E-state index in [0.717, 1.165) is 4.88 Å². The molecule has 84 valence electrons. The number of anilines is 1. The zero-order chi connectivity index (χ0) is 11.4. The Morgan fingerprint density at radius 3 is 3.12 bits per heavy atom. The third-order valence-electron chi connectivity index (χ3n) is 1.95. The molecular weight excluding hydrogens is 224 g/mol. The third-order valence-corrected chi connectivity index (χ3v) is 2.84. The summed E-state index contributed by atoms with van der Waals surface area (Å²) in [5.41, 5.74) is 5.88. The van der Waals surface area contributed by atoms with Crippen molar-refractivity contribution in [3.63, 3.8) is 0 Å². The lowest BCUT2D eigenvalue weighted by molar-refractivity contribution is 0.983. The van der Waals surface area contributed by atoms with Crippen LogP contribution in [0.3, 0.4) is 0 Å². The summed E-state index contributed by atoms with van der Waals surface area (Å²) in [5.74, 6) is 0.460. The van der Waals surface area contributed by atoms with Crippen LogP contribution in [0.4, 0.5) is 5.95 Å².